The van der Waals surface area contributed by atoms with Crippen molar-refractivity contribution in [2.24, 2.45) is 5.73 Å². The van der Waals surface area contributed by atoms with Crippen LogP contribution in [0.3, 0.4) is 0 Å². The molecule has 1 aromatic heterocycles. The Morgan fingerprint density at radius 2 is 1.67 bits per heavy atom. The highest BCUT2D eigenvalue weighted by Crippen LogP contribution is 2.26. The van der Waals surface area contributed by atoms with Gasteiger partial charge in [-0.3, -0.25) is 0 Å². The van der Waals surface area contributed by atoms with E-state index in [-0.39, 0.29) is 0 Å². The Morgan fingerprint density at radius 1 is 1.00 bits per heavy atom. The fourth-order valence-electron chi connectivity index (χ4n) is 2.87. The second-order valence-electron chi connectivity index (χ2n) is 5.66. The molecule has 2 aromatic rings. The summed E-state index contributed by atoms with van der Waals surface area (Å²) in [5.74, 6) is 1.00. The Balaban J connectivity index is 0.000000774. The van der Waals surface area contributed by atoms with Crippen molar-refractivity contribution in [3.63, 3.8) is 0 Å². The molecule has 3 N–H and O–H groups in total. The van der Waals surface area contributed by atoms with E-state index in [1.165, 1.54) is 50.3 Å². The molecule has 4 nitrogen and oxygen atoms in total. The molecule has 21 heavy (non-hydrogen) atoms. The summed E-state index contributed by atoms with van der Waals surface area (Å²) in [6, 6.07) is 4.93. The lowest BCUT2D eigenvalue weighted by Crippen LogP contribution is -2.23. The van der Waals surface area contributed by atoms with Gasteiger partial charge in [0.1, 0.15) is 12.1 Å². The number of aromatic nitrogens is 2. The maximum Gasteiger partial charge on any atom is 0.137 e. The van der Waals surface area contributed by atoms with Crippen LogP contribution in [0.2, 0.25) is 0 Å². The van der Waals surface area contributed by atoms with Gasteiger partial charge in [-0.15, -0.1) is 0 Å². The number of nitrogens with two attached hydrogens (primary N) is 1. The Kier molecular flexibility index (Phi) is 5.51. The summed E-state index contributed by atoms with van der Waals surface area (Å²) in [6.45, 7) is 4.28. The number of nitrogens with zero attached hydrogens (tertiary/aromatic N) is 2. The van der Waals surface area contributed by atoms with Gasteiger partial charge in [0.25, 0.3) is 0 Å². The minimum absolute atomic E-state index is 0.577. The number of fused-ring (bicyclic) bond motifs is 1. The van der Waals surface area contributed by atoms with E-state index < -0.39 is 0 Å². The molecule has 1 aliphatic rings. The molecule has 1 fully saturated rings. The van der Waals surface area contributed by atoms with Gasteiger partial charge in [-0.25, -0.2) is 9.97 Å². The molecule has 0 amide bonds. The van der Waals surface area contributed by atoms with E-state index in [1.54, 1.807) is 6.33 Å². The monoisotopic (exact) mass is 286 g/mol. The number of benzene rings is 1. The summed E-state index contributed by atoms with van der Waals surface area (Å²) in [5.41, 5.74) is 8.13. The lowest BCUT2D eigenvalue weighted by Gasteiger charge is -2.23. The van der Waals surface area contributed by atoms with Crippen LogP contribution < -0.4 is 11.1 Å². The second-order valence-corrected chi connectivity index (χ2v) is 5.66. The van der Waals surface area contributed by atoms with E-state index in [2.05, 4.69) is 47.0 Å². The average Bonchev–Trinajstić information content (AvgIpc) is 2.52. The van der Waals surface area contributed by atoms with Gasteiger partial charge in [-0.2, -0.15) is 0 Å². The first kappa shape index (κ1) is 15.7. The number of nitrogens with one attached hydrogen (secondary N) is 1. The first-order chi connectivity index (χ1) is 10.2. The molecule has 0 atom stereocenters. The summed E-state index contributed by atoms with van der Waals surface area (Å²) in [6.07, 6.45) is 8.23. The van der Waals surface area contributed by atoms with E-state index in [1.807, 2.05) is 0 Å². The Hall–Kier alpha value is -1.68. The van der Waals surface area contributed by atoms with Gasteiger partial charge in [0, 0.05) is 11.4 Å². The van der Waals surface area contributed by atoms with Gasteiger partial charge in [0.05, 0.1) is 5.52 Å². The summed E-state index contributed by atoms with van der Waals surface area (Å²) >= 11 is 0. The predicted octanol–water partition coefficient (Wildman–Crippen LogP) is 3.57. The highest BCUT2D eigenvalue weighted by Gasteiger charge is 2.15. The van der Waals surface area contributed by atoms with Crippen molar-refractivity contribution >= 4 is 16.7 Å². The number of anilines is 1. The Labute approximate surface area is 127 Å². The molecule has 0 bridgehead atoms. The third-order valence-electron chi connectivity index (χ3n) is 4.20. The largest absolute Gasteiger partial charge is 0.367 e. The van der Waals surface area contributed by atoms with Crippen LogP contribution in [0.4, 0.5) is 5.82 Å². The van der Waals surface area contributed by atoms with Crippen LogP contribution in [0.15, 0.2) is 18.5 Å². The van der Waals surface area contributed by atoms with Crippen LogP contribution >= 0.6 is 0 Å². The lowest BCUT2D eigenvalue weighted by molar-refractivity contribution is 0.462. The van der Waals surface area contributed by atoms with E-state index in [9.17, 15) is 0 Å². The molecular formula is C17H26N4. The quantitative estimate of drug-likeness (QED) is 0.886. The minimum Gasteiger partial charge on any atom is -0.367 e. The van der Waals surface area contributed by atoms with Crippen molar-refractivity contribution in [2.75, 3.05) is 12.4 Å². The molecule has 114 valence electrons. The van der Waals surface area contributed by atoms with Crippen molar-refractivity contribution in [2.45, 2.75) is 52.0 Å². The molecule has 0 aliphatic heterocycles. The van der Waals surface area contributed by atoms with Gasteiger partial charge in [0.2, 0.25) is 0 Å². The fraction of sp³-hybridized carbons (Fsp3) is 0.529. The van der Waals surface area contributed by atoms with Crippen LogP contribution in [0, 0.1) is 13.8 Å². The summed E-state index contributed by atoms with van der Waals surface area (Å²) in [4.78, 5) is 8.84. The Morgan fingerprint density at radius 3 is 2.38 bits per heavy atom. The van der Waals surface area contributed by atoms with Crippen LogP contribution in [0.1, 0.15) is 43.2 Å². The highest BCUT2D eigenvalue weighted by molar-refractivity contribution is 5.90. The molecule has 0 spiro atoms. The van der Waals surface area contributed by atoms with Gasteiger partial charge in [-0.1, -0.05) is 19.3 Å². The normalized spacial score (nSPS) is 15.4. The van der Waals surface area contributed by atoms with Crippen molar-refractivity contribution in [3.05, 3.63) is 29.6 Å². The van der Waals surface area contributed by atoms with Crippen LogP contribution in [0.25, 0.3) is 10.9 Å². The third kappa shape index (κ3) is 3.70. The molecule has 0 unspecified atom stereocenters. The molecule has 3 rings (SSSR count). The first-order valence-electron chi connectivity index (χ1n) is 7.80. The van der Waals surface area contributed by atoms with Crippen LogP contribution in [0.5, 0.6) is 0 Å². The van der Waals surface area contributed by atoms with Crippen LogP contribution in [-0.2, 0) is 0 Å². The summed E-state index contributed by atoms with van der Waals surface area (Å²) < 4.78 is 0. The maximum atomic E-state index is 4.50. The molecule has 4 heteroatoms. The van der Waals surface area contributed by atoms with Gasteiger partial charge < -0.3 is 11.1 Å². The second kappa shape index (κ2) is 7.36. The summed E-state index contributed by atoms with van der Waals surface area (Å²) in [7, 11) is 1.50. The molecule has 0 radical (unpaired) electrons. The zero-order valence-corrected chi connectivity index (χ0v) is 13.3. The SMILES string of the molecule is CN.Cc1cc2ncnc(NC3CCCCC3)c2cc1C. The van der Waals surface area contributed by atoms with Gasteiger partial charge in [-0.05, 0) is 57.0 Å². The predicted molar refractivity (Wildman–Crippen MR) is 89.6 cm³/mol. The van der Waals surface area contributed by atoms with Gasteiger partial charge in [0.15, 0.2) is 0 Å². The van der Waals surface area contributed by atoms with Crippen molar-refractivity contribution in [3.8, 4) is 0 Å². The minimum atomic E-state index is 0.577. The molecule has 1 aliphatic carbocycles. The highest BCUT2D eigenvalue weighted by atomic mass is 15.0. The lowest BCUT2D eigenvalue weighted by atomic mass is 9.95. The van der Waals surface area contributed by atoms with Crippen molar-refractivity contribution in [1.82, 2.24) is 9.97 Å². The van der Waals surface area contributed by atoms with E-state index in [0.29, 0.717) is 6.04 Å². The number of hydrogen-bond donors (Lipinski definition) is 2. The van der Waals surface area contributed by atoms with E-state index >= 15 is 0 Å². The standard InChI is InChI=1S/C16H21N3.CH5N/c1-11-8-14-15(9-12(11)2)17-10-18-16(14)19-13-6-4-3-5-7-13;1-2/h8-10,13H,3-7H2,1-2H3,(H,17,18,19);2H2,1H3. The smallest absolute Gasteiger partial charge is 0.137 e. The topological polar surface area (TPSA) is 63.8 Å². The number of rotatable bonds is 2. The molecule has 0 saturated heterocycles. The third-order valence-corrected chi connectivity index (χ3v) is 4.20. The van der Waals surface area contributed by atoms with Gasteiger partial charge >= 0.3 is 0 Å². The zero-order valence-electron chi connectivity index (χ0n) is 13.3. The Bertz CT molecular complexity index is 589. The molecule has 1 aromatic carbocycles. The van der Waals surface area contributed by atoms with E-state index in [4.69, 9.17) is 0 Å². The maximum absolute atomic E-state index is 4.50. The fourth-order valence-corrected chi connectivity index (χ4v) is 2.87. The number of hydrogen-bond acceptors (Lipinski definition) is 4. The van der Waals surface area contributed by atoms with Crippen LogP contribution in [-0.4, -0.2) is 23.1 Å². The zero-order chi connectivity index (χ0) is 15.2. The van der Waals surface area contributed by atoms with Crippen molar-refractivity contribution in [1.29, 1.82) is 0 Å². The molecule has 1 saturated carbocycles. The summed E-state index contributed by atoms with van der Waals surface area (Å²) in [5, 5.41) is 4.77. The molecular weight excluding hydrogens is 260 g/mol. The molecule has 1 heterocycles. The first-order valence-corrected chi connectivity index (χ1v) is 7.80. The average molecular weight is 286 g/mol. The number of aryl methyl sites for hydroxylation is 2. The van der Waals surface area contributed by atoms with E-state index in [0.717, 1.165) is 16.7 Å². The van der Waals surface area contributed by atoms with Crippen molar-refractivity contribution < 1.29 is 0 Å².